The van der Waals surface area contributed by atoms with Crippen LogP contribution >= 0.6 is 0 Å². The third-order valence-electron chi connectivity index (χ3n) is 1.98. The normalized spacial score (nSPS) is 9.75. The minimum atomic E-state index is -1.43. The minimum absolute atomic E-state index is 0.291. The van der Waals surface area contributed by atoms with Crippen LogP contribution in [0.4, 0.5) is 13.2 Å². The molecule has 0 amide bonds. The average molecular weight is 227 g/mol. The van der Waals surface area contributed by atoms with Crippen molar-refractivity contribution in [1.29, 1.82) is 0 Å². The zero-order valence-corrected chi connectivity index (χ0v) is 8.91. The van der Waals surface area contributed by atoms with Gasteiger partial charge in [-0.2, -0.15) is 0 Å². The quantitative estimate of drug-likeness (QED) is 0.473. The molecule has 0 spiro atoms. The van der Waals surface area contributed by atoms with Gasteiger partial charge in [0.1, 0.15) is 0 Å². The summed E-state index contributed by atoms with van der Waals surface area (Å²) in [7, 11) is 0. The molecule has 16 heavy (non-hydrogen) atoms. The van der Waals surface area contributed by atoms with Crippen LogP contribution in [0.3, 0.4) is 0 Å². The first-order chi connectivity index (χ1) is 7.65. The molecule has 0 bridgehead atoms. The zero-order valence-electron chi connectivity index (χ0n) is 8.91. The maximum Gasteiger partial charge on any atom is 0.194 e. The van der Waals surface area contributed by atoms with E-state index < -0.39 is 17.5 Å². The fourth-order valence-electron chi connectivity index (χ4n) is 1.22. The van der Waals surface area contributed by atoms with Crippen LogP contribution in [0.15, 0.2) is 12.1 Å². The van der Waals surface area contributed by atoms with Gasteiger partial charge in [0.2, 0.25) is 0 Å². The number of rotatable bonds is 4. The highest BCUT2D eigenvalue weighted by molar-refractivity contribution is 5.19. The molecule has 0 aliphatic carbocycles. The summed E-state index contributed by atoms with van der Waals surface area (Å²) >= 11 is 0. The van der Waals surface area contributed by atoms with Crippen molar-refractivity contribution in [2.75, 3.05) is 6.54 Å². The van der Waals surface area contributed by atoms with Gasteiger partial charge in [0.15, 0.2) is 17.5 Å². The van der Waals surface area contributed by atoms with Crippen LogP contribution in [0.2, 0.25) is 0 Å². The molecule has 1 rings (SSSR count). The molecule has 4 heteroatoms. The molecule has 0 heterocycles. The summed E-state index contributed by atoms with van der Waals surface area (Å²) < 4.78 is 38.2. The van der Waals surface area contributed by atoms with Gasteiger partial charge in [-0.3, -0.25) is 0 Å². The summed E-state index contributed by atoms with van der Waals surface area (Å²) in [5, 5.41) is 2.95. The lowest BCUT2D eigenvalue weighted by molar-refractivity contribution is 0.444. The lowest BCUT2D eigenvalue weighted by Crippen LogP contribution is -2.14. The summed E-state index contributed by atoms with van der Waals surface area (Å²) in [6.45, 7) is 2.66. The van der Waals surface area contributed by atoms with Gasteiger partial charge in [-0.25, -0.2) is 13.2 Å². The second-order valence-electron chi connectivity index (χ2n) is 3.23. The average Bonchev–Trinajstić information content (AvgIpc) is 2.25. The molecule has 0 saturated carbocycles. The molecule has 0 aliphatic rings. The molecular weight excluding hydrogens is 215 g/mol. The lowest BCUT2D eigenvalue weighted by Gasteiger charge is -2.04. The molecular formula is C12H12F3N. The van der Waals surface area contributed by atoms with Gasteiger partial charge >= 0.3 is 0 Å². The van der Waals surface area contributed by atoms with Crippen molar-refractivity contribution >= 4 is 0 Å². The van der Waals surface area contributed by atoms with Crippen LogP contribution < -0.4 is 5.32 Å². The van der Waals surface area contributed by atoms with E-state index in [0.717, 1.165) is 12.1 Å². The maximum atomic E-state index is 12.8. The number of nitrogens with one attached hydrogen (secondary N) is 1. The van der Waals surface area contributed by atoms with Crippen LogP contribution in [0.5, 0.6) is 0 Å². The summed E-state index contributed by atoms with van der Waals surface area (Å²) in [5.74, 6) is 1.82. The minimum Gasteiger partial charge on any atom is -0.312 e. The predicted octanol–water partition coefficient (Wildman–Crippen LogP) is 2.61. The highest BCUT2D eigenvalue weighted by Gasteiger charge is 2.09. The standard InChI is InChI=1S/C12H12F3N/c1-2-3-4-5-16-8-9-6-10(13)12(15)11(14)7-9/h6-7,16H,4-5,8H2,1H3. The van der Waals surface area contributed by atoms with Gasteiger partial charge in [-0.1, -0.05) is 0 Å². The molecule has 0 saturated heterocycles. The molecule has 0 unspecified atom stereocenters. The first-order valence-electron chi connectivity index (χ1n) is 4.89. The van der Waals surface area contributed by atoms with Gasteiger partial charge in [-0.05, 0) is 24.6 Å². The Morgan fingerprint density at radius 1 is 1.19 bits per heavy atom. The summed E-state index contributed by atoms with van der Waals surface area (Å²) in [5.41, 5.74) is 0.376. The maximum absolute atomic E-state index is 12.8. The second kappa shape index (κ2) is 6.19. The van der Waals surface area contributed by atoms with Crippen LogP contribution in [-0.2, 0) is 6.54 Å². The molecule has 1 aromatic rings. The Hall–Kier alpha value is -1.47. The van der Waals surface area contributed by atoms with Gasteiger partial charge in [0.05, 0.1) is 0 Å². The van der Waals surface area contributed by atoms with Crippen molar-refractivity contribution in [2.24, 2.45) is 0 Å². The smallest absolute Gasteiger partial charge is 0.194 e. The Bertz CT molecular complexity index is 395. The Labute approximate surface area is 92.7 Å². The lowest BCUT2D eigenvalue weighted by atomic mass is 10.2. The molecule has 1 N–H and O–H groups in total. The summed E-state index contributed by atoms with van der Waals surface area (Å²) in [6.07, 6.45) is 0.669. The van der Waals surface area contributed by atoms with Gasteiger partial charge in [0, 0.05) is 19.5 Å². The third-order valence-corrected chi connectivity index (χ3v) is 1.98. The molecule has 0 aromatic heterocycles. The van der Waals surface area contributed by atoms with E-state index in [-0.39, 0.29) is 0 Å². The number of hydrogen-bond donors (Lipinski definition) is 1. The Kier molecular flexibility index (Phi) is 4.87. The van der Waals surface area contributed by atoms with Crippen LogP contribution in [0.1, 0.15) is 18.9 Å². The van der Waals surface area contributed by atoms with E-state index in [4.69, 9.17) is 0 Å². The summed E-state index contributed by atoms with van der Waals surface area (Å²) in [4.78, 5) is 0. The molecule has 86 valence electrons. The van der Waals surface area contributed by atoms with Crippen molar-refractivity contribution in [3.8, 4) is 11.8 Å². The first kappa shape index (κ1) is 12.6. The predicted molar refractivity (Wildman–Crippen MR) is 56.1 cm³/mol. The number of halogens is 3. The SMILES string of the molecule is CC#CCCNCc1cc(F)c(F)c(F)c1. The van der Waals surface area contributed by atoms with E-state index in [1.165, 1.54) is 0 Å². The molecule has 1 nitrogen and oxygen atoms in total. The molecule has 0 atom stereocenters. The Balaban J connectivity index is 2.50. The van der Waals surface area contributed by atoms with Crippen LogP contribution in [-0.4, -0.2) is 6.54 Å². The highest BCUT2D eigenvalue weighted by Crippen LogP contribution is 2.13. The monoisotopic (exact) mass is 227 g/mol. The van der Waals surface area contributed by atoms with Crippen molar-refractivity contribution in [1.82, 2.24) is 5.32 Å². The summed E-state index contributed by atoms with van der Waals surface area (Å²) in [6, 6.07) is 1.97. The Morgan fingerprint density at radius 3 is 2.38 bits per heavy atom. The first-order valence-corrected chi connectivity index (χ1v) is 4.89. The Morgan fingerprint density at radius 2 is 1.81 bits per heavy atom. The van der Waals surface area contributed by atoms with Crippen LogP contribution in [0.25, 0.3) is 0 Å². The van der Waals surface area contributed by atoms with Gasteiger partial charge in [0.25, 0.3) is 0 Å². The van der Waals surface area contributed by atoms with E-state index in [9.17, 15) is 13.2 Å². The molecule has 1 aromatic carbocycles. The zero-order chi connectivity index (χ0) is 12.0. The molecule has 0 radical (unpaired) electrons. The van der Waals surface area contributed by atoms with E-state index in [2.05, 4.69) is 17.2 Å². The topological polar surface area (TPSA) is 12.0 Å². The van der Waals surface area contributed by atoms with Crippen molar-refractivity contribution in [3.05, 3.63) is 35.1 Å². The largest absolute Gasteiger partial charge is 0.312 e. The van der Waals surface area contributed by atoms with Gasteiger partial charge < -0.3 is 5.32 Å². The molecule has 0 aliphatic heterocycles. The fourth-order valence-corrected chi connectivity index (χ4v) is 1.22. The number of benzene rings is 1. The third kappa shape index (κ3) is 3.59. The van der Waals surface area contributed by atoms with Crippen molar-refractivity contribution in [3.63, 3.8) is 0 Å². The highest BCUT2D eigenvalue weighted by atomic mass is 19.2. The number of hydrogen-bond acceptors (Lipinski definition) is 1. The van der Waals surface area contributed by atoms with Gasteiger partial charge in [-0.15, -0.1) is 11.8 Å². The van der Waals surface area contributed by atoms with Crippen LogP contribution in [0, 0.1) is 29.3 Å². The fraction of sp³-hybridized carbons (Fsp3) is 0.333. The molecule has 0 fully saturated rings. The van der Waals surface area contributed by atoms with Crippen molar-refractivity contribution < 1.29 is 13.2 Å². The van der Waals surface area contributed by atoms with E-state index in [1.54, 1.807) is 6.92 Å². The van der Waals surface area contributed by atoms with Crippen molar-refractivity contribution in [2.45, 2.75) is 19.9 Å². The van der Waals surface area contributed by atoms with E-state index in [0.29, 0.717) is 25.1 Å². The second-order valence-corrected chi connectivity index (χ2v) is 3.23. The van der Waals surface area contributed by atoms with E-state index in [1.807, 2.05) is 0 Å². The van der Waals surface area contributed by atoms with E-state index >= 15 is 0 Å².